The largest absolute Gasteiger partial charge is 0.381 e. The number of nitrogens with two attached hydrogens (primary N) is 1. The van der Waals surface area contributed by atoms with Crippen LogP contribution < -0.4 is 5.73 Å². The molecule has 124 valence electrons. The van der Waals surface area contributed by atoms with Crippen molar-refractivity contribution in [1.82, 2.24) is 0 Å². The van der Waals surface area contributed by atoms with Crippen LogP contribution in [-0.2, 0) is 4.74 Å². The van der Waals surface area contributed by atoms with Crippen LogP contribution in [0.1, 0.15) is 90.4 Å². The fraction of sp³-hybridized carbons (Fsp3) is 1.00. The van der Waals surface area contributed by atoms with E-state index in [-0.39, 0.29) is 17.0 Å². The summed E-state index contributed by atoms with van der Waals surface area (Å²) in [6.07, 6.45) is 17.8. The van der Waals surface area contributed by atoms with Gasteiger partial charge in [-0.2, -0.15) is 0 Å². The Kier molecular flexibility index (Phi) is 24.6. The lowest BCUT2D eigenvalue weighted by molar-refractivity contribution is 0.129. The van der Waals surface area contributed by atoms with Crippen molar-refractivity contribution in [2.75, 3.05) is 19.8 Å². The Bertz CT molecular complexity index is 140. The van der Waals surface area contributed by atoms with Gasteiger partial charge in [-0.05, 0) is 19.4 Å². The first kappa shape index (κ1) is 22.7. The molecular formula is C17H38BrNO. The number of rotatable bonds is 16. The van der Waals surface area contributed by atoms with Gasteiger partial charge in [0.2, 0.25) is 0 Å². The highest BCUT2D eigenvalue weighted by Crippen LogP contribution is 2.11. The second-order valence-electron chi connectivity index (χ2n) is 5.64. The van der Waals surface area contributed by atoms with Crippen LogP contribution in [0.3, 0.4) is 0 Å². The molecule has 0 aliphatic heterocycles. The van der Waals surface area contributed by atoms with Gasteiger partial charge in [-0.25, -0.2) is 0 Å². The van der Waals surface area contributed by atoms with Gasteiger partial charge in [-0.3, -0.25) is 0 Å². The maximum Gasteiger partial charge on any atom is 0.0478 e. The molecule has 20 heavy (non-hydrogen) atoms. The quantitative estimate of drug-likeness (QED) is 0.365. The van der Waals surface area contributed by atoms with E-state index in [1.807, 2.05) is 0 Å². The molecule has 0 aromatic rings. The summed E-state index contributed by atoms with van der Waals surface area (Å²) in [6.45, 7) is 4.80. The van der Waals surface area contributed by atoms with Crippen LogP contribution >= 0.6 is 17.0 Å². The first-order valence-corrected chi connectivity index (χ1v) is 8.69. The Hall–Kier alpha value is 0.400. The lowest BCUT2D eigenvalue weighted by atomic mass is 10.1. The van der Waals surface area contributed by atoms with E-state index in [9.17, 15) is 0 Å². The maximum atomic E-state index is 5.49. The minimum atomic E-state index is 0. The van der Waals surface area contributed by atoms with Crippen molar-refractivity contribution in [1.29, 1.82) is 0 Å². The first-order valence-electron chi connectivity index (χ1n) is 8.69. The Morgan fingerprint density at radius 3 is 1.45 bits per heavy atom. The molecule has 0 heterocycles. The lowest BCUT2D eigenvalue weighted by Gasteiger charge is -2.04. The number of halogens is 1. The predicted molar refractivity (Wildman–Crippen MR) is 95.9 cm³/mol. The van der Waals surface area contributed by atoms with E-state index in [1.165, 1.54) is 77.0 Å². The molecule has 0 aromatic carbocycles. The van der Waals surface area contributed by atoms with Crippen molar-refractivity contribution >= 4 is 17.0 Å². The molecule has 0 saturated heterocycles. The van der Waals surface area contributed by atoms with E-state index in [1.54, 1.807) is 0 Å². The van der Waals surface area contributed by atoms with Crippen LogP contribution in [0.25, 0.3) is 0 Å². The van der Waals surface area contributed by atoms with Gasteiger partial charge in [0.15, 0.2) is 0 Å². The van der Waals surface area contributed by atoms with Crippen molar-refractivity contribution in [3.05, 3.63) is 0 Å². The van der Waals surface area contributed by atoms with Gasteiger partial charge in [0, 0.05) is 13.2 Å². The number of ether oxygens (including phenoxy) is 1. The first-order chi connectivity index (χ1) is 9.41. The zero-order valence-corrected chi connectivity index (χ0v) is 15.4. The smallest absolute Gasteiger partial charge is 0.0478 e. The third-order valence-electron chi connectivity index (χ3n) is 3.64. The zero-order chi connectivity index (χ0) is 14.0. The second kappa shape index (κ2) is 21.7. The van der Waals surface area contributed by atoms with Gasteiger partial charge < -0.3 is 10.5 Å². The summed E-state index contributed by atoms with van der Waals surface area (Å²) in [5, 5.41) is 0. The molecule has 0 spiro atoms. The summed E-state index contributed by atoms with van der Waals surface area (Å²) in [4.78, 5) is 0. The zero-order valence-electron chi connectivity index (χ0n) is 13.7. The molecule has 2 N–H and O–H groups in total. The molecule has 0 fully saturated rings. The molecule has 0 unspecified atom stereocenters. The average Bonchev–Trinajstić information content (AvgIpc) is 2.43. The van der Waals surface area contributed by atoms with Crippen LogP contribution in [0.5, 0.6) is 0 Å². The molecular weight excluding hydrogens is 314 g/mol. The van der Waals surface area contributed by atoms with Crippen molar-refractivity contribution in [3.63, 3.8) is 0 Å². The molecule has 0 atom stereocenters. The Morgan fingerprint density at radius 1 is 0.600 bits per heavy atom. The molecule has 0 saturated carbocycles. The summed E-state index contributed by atoms with van der Waals surface area (Å²) in [5.74, 6) is 0. The Labute approximate surface area is 138 Å². The van der Waals surface area contributed by atoms with Crippen molar-refractivity contribution < 1.29 is 4.74 Å². The minimum Gasteiger partial charge on any atom is -0.381 e. The molecule has 2 nitrogen and oxygen atoms in total. The summed E-state index contributed by atoms with van der Waals surface area (Å²) in [7, 11) is 0. The number of unbranched alkanes of at least 4 members (excludes halogenated alkanes) is 11. The van der Waals surface area contributed by atoms with Crippen LogP contribution in [-0.4, -0.2) is 19.8 Å². The lowest BCUT2D eigenvalue weighted by Crippen LogP contribution is -2.04. The highest BCUT2D eigenvalue weighted by molar-refractivity contribution is 8.93. The summed E-state index contributed by atoms with van der Waals surface area (Å²) < 4.78 is 5.49. The molecule has 0 aromatic heterocycles. The monoisotopic (exact) mass is 351 g/mol. The van der Waals surface area contributed by atoms with Gasteiger partial charge in [-0.15, -0.1) is 17.0 Å². The predicted octanol–water partition coefficient (Wildman–Crippen LogP) is 5.63. The second-order valence-corrected chi connectivity index (χ2v) is 5.64. The molecule has 0 amide bonds. The van der Waals surface area contributed by atoms with Crippen molar-refractivity contribution in [3.8, 4) is 0 Å². The molecule has 0 aliphatic carbocycles. The highest BCUT2D eigenvalue weighted by Gasteiger charge is 1.93. The van der Waals surface area contributed by atoms with Crippen LogP contribution in [0.15, 0.2) is 0 Å². The molecule has 3 heteroatoms. The summed E-state index contributed by atoms with van der Waals surface area (Å²) >= 11 is 0. The van der Waals surface area contributed by atoms with Crippen LogP contribution in [0, 0.1) is 0 Å². The summed E-state index contributed by atoms with van der Waals surface area (Å²) in [6, 6.07) is 0. The maximum absolute atomic E-state index is 5.49. The van der Waals surface area contributed by atoms with Gasteiger partial charge in [0.1, 0.15) is 0 Å². The minimum absolute atomic E-state index is 0. The highest BCUT2D eigenvalue weighted by atomic mass is 79.9. The van der Waals surface area contributed by atoms with E-state index in [0.29, 0.717) is 0 Å². The van der Waals surface area contributed by atoms with Gasteiger partial charge >= 0.3 is 0 Å². The third kappa shape index (κ3) is 20.7. The van der Waals surface area contributed by atoms with E-state index in [0.717, 1.165) is 26.2 Å². The van der Waals surface area contributed by atoms with E-state index in [2.05, 4.69) is 6.92 Å². The standard InChI is InChI=1S/C17H37NO.BrH/c1-2-3-4-5-6-7-8-9-10-11-12-13-16-19-17-14-15-18;/h2-18H2,1H3;1H. The molecule has 0 radical (unpaired) electrons. The van der Waals surface area contributed by atoms with Crippen molar-refractivity contribution in [2.45, 2.75) is 90.4 Å². The van der Waals surface area contributed by atoms with Gasteiger partial charge in [-0.1, -0.05) is 77.6 Å². The fourth-order valence-electron chi connectivity index (χ4n) is 2.33. The average molecular weight is 352 g/mol. The Balaban J connectivity index is 0. The van der Waals surface area contributed by atoms with E-state index < -0.39 is 0 Å². The van der Waals surface area contributed by atoms with Crippen molar-refractivity contribution in [2.24, 2.45) is 5.73 Å². The van der Waals surface area contributed by atoms with Gasteiger partial charge in [0.25, 0.3) is 0 Å². The van der Waals surface area contributed by atoms with Crippen LogP contribution in [0.4, 0.5) is 0 Å². The van der Waals surface area contributed by atoms with Gasteiger partial charge in [0.05, 0.1) is 0 Å². The van der Waals surface area contributed by atoms with Crippen LogP contribution in [0.2, 0.25) is 0 Å². The number of hydrogen-bond donors (Lipinski definition) is 1. The SMILES string of the molecule is Br.CCCCCCCCCCCCCCOCCCN. The molecule has 0 bridgehead atoms. The third-order valence-corrected chi connectivity index (χ3v) is 3.64. The fourth-order valence-corrected chi connectivity index (χ4v) is 2.33. The molecule has 0 aliphatic rings. The van der Waals surface area contributed by atoms with E-state index in [4.69, 9.17) is 10.5 Å². The van der Waals surface area contributed by atoms with E-state index >= 15 is 0 Å². The normalized spacial score (nSPS) is 10.5. The topological polar surface area (TPSA) is 35.2 Å². The number of hydrogen-bond acceptors (Lipinski definition) is 2. The summed E-state index contributed by atoms with van der Waals surface area (Å²) in [5.41, 5.74) is 5.40. The Morgan fingerprint density at radius 2 is 1.00 bits per heavy atom. The molecule has 0 rings (SSSR count).